The Morgan fingerprint density at radius 2 is 1.52 bits per heavy atom. The first-order valence-corrected chi connectivity index (χ1v) is 8.83. The monoisotopic (exact) mass is 376 g/mol. The van der Waals surface area contributed by atoms with Gasteiger partial charge in [-0.25, -0.2) is 0 Å². The molecule has 0 bridgehead atoms. The first-order valence-electron chi connectivity index (χ1n) is 8.83. The van der Waals surface area contributed by atoms with Crippen LogP contribution in [-0.2, 0) is 25.6 Å². The van der Waals surface area contributed by atoms with Crippen LogP contribution >= 0.6 is 0 Å². The molecule has 0 fully saturated rings. The van der Waals surface area contributed by atoms with Gasteiger partial charge in [-0.2, -0.15) is 0 Å². The predicted molar refractivity (Wildman–Crippen MR) is 101 cm³/mol. The quantitative estimate of drug-likeness (QED) is 0.478. The van der Waals surface area contributed by atoms with Crippen molar-refractivity contribution in [3.05, 3.63) is 35.9 Å². The average molecular weight is 376 g/mol. The van der Waals surface area contributed by atoms with E-state index in [1.165, 1.54) is 13.8 Å². The normalized spacial score (nSPS) is 14.0. The largest absolute Gasteiger partial charge is 0.368 e. The molecule has 148 valence electrons. The molecular formula is C19H28N4O4. The van der Waals surface area contributed by atoms with Gasteiger partial charge in [0.15, 0.2) is 0 Å². The molecule has 1 aromatic rings. The van der Waals surface area contributed by atoms with E-state index < -0.39 is 35.8 Å². The number of nitrogens with one attached hydrogen (secondary N) is 3. The second kappa shape index (κ2) is 10.3. The Hall–Kier alpha value is -2.90. The van der Waals surface area contributed by atoms with Crippen molar-refractivity contribution in [1.29, 1.82) is 0 Å². The van der Waals surface area contributed by atoms with Crippen LogP contribution in [0.1, 0.15) is 33.3 Å². The maximum atomic E-state index is 12.6. The molecule has 27 heavy (non-hydrogen) atoms. The van der Waals surface area contributed by atoms with E-state index in [1.807, 2.05) is 30.3 Å². The van der Waals surface area contributed by atoms with Crippen molar-refractivity contribution in [1.82, 2.24) is 16.0 Å². The number of rotatable bonds is 9. The fourth-order valence-electron chi connectivity index (χ4n) is 2.46. The van der Waals surface area contributed by atoms with Crippen molar-refractivity contribution in [3.8, 4) is 0 Å². The van der Waals surface area contributed by atoms with Crippen molar-refractivity contribution in [2.24, 2.45) is 11.7 Å². The standard InChI is InChI=1S/C19H28N4O4/c1-11(2)16(22-13(4)24)19(27)23-15(10-14-8-6-5-7-9-14)18(26)21-12(3)17(20)25/h5-9,11-12,15-16H,10H2,1-4H3,(H2,20,25)(H,21,26)(H,22,24)(H,23,27)/t12-,15-,16-/m0/s1. The third kappa shape index (κ3) is 7.47. The molecule has 1 rings (SSSR count). The van der Waals surface area contributed by atoms with E-state index in [0.717, 1.165) is 5.56 Å². The summed E-state index contributed by atoms with van der Waals surface area (Å²) in [4.78, 5) is 47.8. The van der Waals surface area contributed by atoms with Crippen LogP contribution in [0, 0.1) is 5.92 Å². The Bertz CT molecular complexity index is 676. The highest BCUT2D eigenvalue weighted by atomic mass is 16.2. The highest BCUT2D eigenvalue weighted by Crippen LogP contribution is 2.07. The van der Waals surface area contributed by atoms with Crippen LogP contribution in [0.5, 0.6) is 0 Å². The molecule has 5 N–H and O–H groups in total. The second-order valence-corrected chi connectivity index (χ2v) is 6.81. The average Bonchev–Trinajstić information content (AvgIpc) is 2.59. The van der Waals surface area contributed by atoms with Gasteiger partial charge in [-0.3, -0.25) is 19.2 Å². The third-order valence-electron chi connectivity index (χ3n) is 4.01. The minimum Gasteiger partial charge on any atom is -0.368 e. The highest BCUT2D eigenvalue weighted by Gasteiger charge is 2.29. The molecule has 0 radical (unpaired) electrons. The van der Waals surface area contributed by atoms with Crippen LogP contribution in [0.3, 0.4) is 0 Å². The number of primary amides is 1. The Labute approximate surface area is 159 Å². The number of nitrogens with two attached hydrogens (primary N) is 1. The van der Waals surface area contributed by atoms with Crippen molar-refractivity contribution in [2.75, 3.05) is 0 Å². The van der Waals surface area contributed by atoms with Crippen LogP contribution in [0.2, 0.25) is 0 Å². The molecule has 8 heteroatoms. The fourth-order valence-corrected chi connectivity index (χ4v) is 2.46. The van der Waals surface area contributed by atoms with Crippen molar-refractivity contribution < 1.29 is 19.2 Å². The van der Waals surface area contributed by atoms with E-state index in [1.54, 1.807) is 13.8 Å². The summed E-state index contributed by atoms with van der Waals surface area (Å²) in [6.07, 6.45) is 0.231. The summed E-state index contributed by atoms with van der Waals surface area (Å²) < 4.78 is 0. The molecule has 0 heterocycles. The zero-order chi connectivity index (χ0) is 20.6. The van der Waals surface area contributed by atoms with Gasteiger partial charge in [-0.1, -0.05) is 44.2 Å². The lowest BCUT2D eigenvalue weighted by Gasteiger charge is -2.25. The van der Waals surface area contributed by atoms with E-state index >= 15 is 0 Å². The highest BCUT2D eigenvalue weighted by molar-refractivity contribution is 5.93. The molecule has 0 aliphatic rings. The molecule has 0 aliphatic carbocycles. The summed E-state index contributed by atoms with van der Waals surface area (Å²) in [5.41, 5.74) is 6.03. The molecule has 0 aliphatic heterocycles. The van der Waals surface area contributed by atoms with Crippen molar-refractivity contribution >= 4 is 23.6 Å². The maximum absolute atomic E-state index is 12.6. The number of carbonyl (C=O) groups is 4. The number of hydrogen-bond acceptors (Lipinski definition) is 4. The van der Waals surface area contributed by atoms with Crippen LogP contribution < -0.4 is 21.7 Å². The van der Waals surface area contributed by atoms with E-state index in [4.69, 9.17) is 5.73 Å². The summed E-state index contributed by atoms with van der Waals surface area (Å²) in [6, 6.07) is 6.59. The van der Waals surface area contributed by atoms with Gasteiger partial charge in [0.05, 0.1) is 0 Å². The van der Waals surface area contributed by atoms with Crippen molar-refractivity contribution in [2.45, 2.75) is 52.2 Å². The summed E-state index contributed by atoms with van der Waals surface area (Å²) in [5.74, 6) is -2.17. The minimum atomic E-state index is -0.920. The Morgan fingerprint density at radius 3 is 2.00 bits per heavy atom. The van der Waals surface area contributed by atoms with Crippen molar-refractivity contribution in [3.63, 3.8) is 0 Å². The Kier molecular flexibility index (Phi) is 8.44. The number of hydrogen-bond donors (Lipinski definition) is 4. The van der Waals surface area contributed by atoms with Gasteiger partial charge < -0.3 is 21.7 Å². The SMILES string of the molecule is CC(=O)N[C@H](C(=O)N[C@@H](Cc1ccccc1)C(=O)N[C@@H](C)C(N)=O)C(C)C. The molecule has 0 saturated heterocycles. The summed E-state index contributed by atoms with van der Waals surface area (Å²) in [6.45, 7) is 6.38. The molecule has 0 unspecified atom stereocenters. The smallest absolute Gasteiger partial charge is 0.243 e. The Balaban J connectivity index is 2.98. The molecule has 0 aromatic heterocycles. The van der Waals surface area contributed by atoms with Gasteiger partial charge in [0.25, 0.3) is 0 Å². The lowest BCUT2D eigenvalue weighted by Crippen LogP contribution is -2.57. The summed E-state index contributed by atoms with van der Waals surface area (Å²) in [7, 11) is 0. The van der Waals surface area contributed by atoms with Gasteiger partial charge in [0.2, 0.25) is 23.6 Å². The fraction of sp³-hybridized carbons (Fsp3) is 0.474. The molecule has 3 atom stereocenters. The number of amides is 4. The maximum Gasteiger partial charge on any atom is 0.243 e. The van der Waals surface area contributed by atoms with Crippen LogP contribution in [-0.4, -0.2) is 41.8 Å². The van der Waals surface area contributed by atoms with Gasteiger partial charge in [0, 0.05) is 13.3 Å². The van der Waals surface area contributed by atoms with Gasteiger partial charge in [-0.15, -0.1) is 0 Å². The molecular weight excluding hydrogens is 348 g/mol. The van der Waals surface area contributed by atoms with Crippen LogP contribution in [0.25, 0.3) is 0 Å². The molecule has 4 amide bonds. The van der Waals surface area contributed by atoms with E-state index in [2.05, 4.69) is 16.0 Å². The number of carbonyl (C=O) groups excluding carboxylic acids is 4. The number of benzene rings is 1. The first-order chi connectivity index (χ1) is 12.6. The van der Waals surface area contributed by atoms with Gasteiger partial charge in [-0.05, 0) is 18.4 Å². The summed E-state index contributed by atoms with van der Waals surface area (Å²) in [5, 5.41) is 7.77. The third-order valence-corrected chi connectivity index (χ3v) is 4.01. The molecule has 8 nitrogen and oxygen atoms in total. The van der Waals surface area contributed by atoms with E-state index in [-0.39, 0.29) is 18.2 Å². The van der Waals surface area contributed by atoms with Crippen LogP contribution in [0.15, 0.2) is 30.3 Å². The molecule has 0 saturated carbocycles. The lowest BCUT2D eigenvalue weighted by atomic mass is 10.0. The first kappa shape index (κ1) is 22.1. The minimum absolute atomic E-state index is 0.168. The zero-order valence-corrected chi connectivity index (χ0v) is 16.1. The summed E-state index contributed by atoms with van der Waals surface area (Å²) >= 11 is 0. The van der Waals surface area contributed by atoms with Gasteiger partial charge >= 0.3 is 0 Å². The molecule has 0 spiro atoms. The van der Waals surface area contributed by atoms with Crippen LogP contribution in [0.4, 0.5) is 0 Å². The lowest BCUT2D eigenvalue weighted by molar-refractivity contribution is -0.133. The second-order valence-electron chi connectivity index (χ2n) is 6.81. The topological polar surface area (TPSA) is 130 Å². The Morgan fingerprint density at radius 1 is 0.926 bits per heavy atom. The molecule has 1 aromatic carbocycles. The van der Waals surface area contributed by atoms with E-state index in [0.29, 0.717) is 0 Å². The predicted octanol–water partition coefficient (Wildman–Crippen LogP) is -0.135. The zero-order valence-electron chi connectivity index (χ0n) is 16.1. The van der Waals surface area contributed by atoms with E-state index in [9.17, 15) is 19.2 Å². The van der Waals surface area contributed by atoms with Gasteiger partial charge in [0.1, 0.15) is 18.1 Å².